The lowest BCUT2D eigenvalue weighted by Crippen LogP contribution is -2.21. The average molecular weight is 298 g/mol. The molecule has 2 aromatic rings. The van der Waals surface area contributed by atoms with Gasteiger partial charge in [-0.05, 0) is 39.2 Å². The van der Waals surface area contributed by atoms with E-state index in [1.54, 1.807) is 0 Å². The van der Waals surface area contributed by atoms with Crippen LogP contribution in [-0.4, -0.2) is 23.5 Å². The van der Waals surface area contributed by atoms with Crippen molar-refractivity contribution in [1.82, 2.24) is 10.5 Å². The lowest BCUT2D eigenvalue weighted by atomic mass is 9.98. The van der Waals surface area contributed by atoms with Crippen LogP contribution < -0.4 is 5.32 Å². The van der Waals surface area contributed by atoms with Crippen LogP contribution in [-0.2, 0) is 0 Å². The summed E-state index contributed by atoms with van der Waals surface area (Å²) in [5, 5.41) is 7.56. The van der Waals surface area contributed by atoms with Crippen molar-refractivity contribution in [3.63, 3.8) is 0 Å². The zero-order valence-electron chi connectivity index (χ0n) is 13.0. The zero-order chi connectivity index (χ0) is 15.4. The third kappa shape index (κ3) is 3.28. The maximum absolute atomic E-state index is 12.6. The first-order valence-corrected chi connectivity index (χ1v) is 8.04. The van der Waals surface area contributed by atoms with Crippen molar-refractivity contribution in [3.05, 3.63) is 41.7 Å². The molecule has 0 amide bonds. The summed E-state index contributed by atoms with van der Waals surface area (Å²) in [7, 11) is 0. The molecule has 3 rings (SSSR count). The minimum Gasteiger partial charge on any atom is -0.360 e. The number of Topliss-reactive ketones (excluding diaryl/α,β-unsaturated/α-hetero) is 1. The Balaban J connectivity index is 1.68. The molecule has 1 aliphatic rings. The van der Waals surface area contributed by atoms with E-state index in [1.807, 2.05) is 37.3 Å². The number of carbonyl (C=O) groups is 1. The molecule has 0 spiro atoms. The average Bonchev–Trinajstić information content (AvgIpc) is 3.17. The van der Waals surface area contributed by atoms with E-state index in [9.17, 15) is 4.79 Å². The fourth-order valence-electron chi connectivity index (χ4n) is 3.13. The van der Waals surface area contributed by atoms with Crippen molar-refractivity contribution < 1.29 is 9.32 Å². The molecule has 4 nitrogen and oxygen atoms in total. The van der Waals surface area contributed by atoms with Crippen LogP contribution in [0.4, 0.5) is 0 Å². The summed E-state index contributed by atoms with van der Waals surface area (Å²) < 4.78 is 5.27. The Morgan fingerprint density at radius 2 is 2.18 bits per heavy atom. The van der Waals surface area contributed by atoms with Gasteiger partial charge in [0.05, 0.1) is 5.56 Å². The summed E-state index contributed by atoms with van der Waals surface area (Å²) in [6.45, 7) is 2.92. The fraction of sp³-hybridized carbons (Fsp3) is 0.444. The largest absolute Gasteiger partial charge is 0.360 e. The van der Waals surface area contributed by atoms with Gasteiger partial charge in [0.15, 0.2) is 5.78 Å². The third-order valence-corrected chi connectivity index (χ3v) is 4.31. The molecule has 0 bridgehead atoms. The first kappa shape index (κ1) is 15.0. The minimum atomic E-state index is 0.135. The number of hydrogen-bond acceptors (Lipinski definition) is 4. The van der Waals surface area contributed by atoms with Crippen LogP contribution in [0, 0.1) is 6.92 Å². The molecule has 1 N–H and O–H groups in total. The van der Waals surface area contributed by atoms with Gasteiger partial charge < -0.3 is 9.84 Å². The molecule has 1 fully saturated rings. The first-order valence-electron chi connectivity index (χ1n) is 8.04. The molecule has 4 heteroatoms. The Hall–Kier alpha value is -1.94. The summed E-state index contributed by atoms with van der Waals surface area (Å²) >= 11 is 0. The molecular formula is C18H22N2O2. The quantitative estimate of drug-likeness (QED) is 0.825. The third-order valence-electron chi connectivity index (χ3n) is 4.31. The van der Waals surface area contributed by atoms with E-state index < -0.39 is 0 Å². The fourth-order valence-corrected chi connectivity index (χ4v) is 3.13. The zero-order valence-corrected chi connectivity index (χ0v) is 13.0. The van der Waals surface area contributed by atoms with Crippen LogP contribution in [0.3, 0.4) is 0 Å². The Kier molecular flexibility index (Phi) is 4.68. The van der Waals surface area contributed by atoms with Crippen LogP contribution in [0.15, 0.2) is 34.9 Å². The molecule has 2 heterocycles. The topological polar surface area (TPSA) is 55.1 Å². The van der Waals surface area contributed by atoms with Gasteiger partial charge in [-0.2, -0.15) is 0 Å². The minimum absolute atomic E-state index is 0.135. The predicted molar refractivity (Wildman–Crippen MR) is 85.9 cm³/mol. The van der Waals surface area contributed by atoms with Crippen LogP contribution in [0.2, 0.25) is 0 Å². The van der Waals surface area contributed by atoms with E-state index in [-0.39, 0.29) is 5.78 Å². The summed E-state index contributed by atoms with van der Waals surface area (Å²) in [5.41, 5.74) is 2.24. The summed E-state index contributed by atoms with van der Waals surface area (Å²) in [4.78, 5) is 12.6. The molecule has 0 radical (unpaired) electrons. The Bertz CT molecular complexity index is 628. The van der Waals surface area contributed by atoms with E-state index in [1.165, 1.54) is 12.8 Å². The van der Waals surface area contributed by atoms with Gasteiger partial charge in [-0.3, -0.25) is 4.79 Å². The molecule has 1 atom stereocenters. The molecule has 1 unspecified atom stereocenters. The van der Waals surface area contributed by atoms with Crippen molar-refractivity contribution in [2.24, 2.45) is 0 Å². The number of aromatic nitrogens is 1. The van der Waals surface area contributed by atoms with Crippen LogP contribution in [0.5, 0.6) is 0 Å². The number of aryl methyl sites for hydroxylation is 1. The Labute approximate surface area is 130 Å². The highest BCUT2D eigenvalue weighted by molar-refractivity contribution is 6.02. The van der Waals surface area contributed by atoms with Gasteiger partial charge in [0.25, 0.3) is 0 Å². The highest BCUT2D eigenvalue weighted by Gasteiger charge is 2.21. The van der Waals surface area contributed by atoms with Gasteiger partial charge in [-0.25, -0.2) is 0 Å². The SMILES string of the molecule is Cc1onc(-c2ccccc2)c1C(=O)CCCC1CCCN1. The Morgan fingerprint density at radius 3 is 2.91 bits per heavy atom. The summed E-state index contributed by atoms with van der Waals surface area (Å²) in [5.74, 6) is 0.749. The van der Waals surface area contributed by atoms with Gasteiger partial charge in [0, 0.05) is 18.0 Å². The van der Waals surface area contributed by atoms with Gasteiger partial charge >= 0.3 is 0 Å². The second-order valence-corrected chi connectivity index (χ2v) is 5.94. The van der Waals surface area contributed by atoms with E-state index in [2.05, 4.69) is 10.5 Å². The van der Waals surface area contributed by atoms with E-state index in [4.69, 9.17) is 4.52 Å². The van der Waals surface area contributed by atoms with Crippen molar-refractivity contribution in [1.29, 1.82) is 0 Å². The number of hydrogen-bond donors (Lipinski definition) is 1. The monoisotopic (exact) mass is 298 g/mol. The smallest absolute Gasteiger partial charge is 0.168 e. The van der Waals surface area contributed by atoms with Crippen LogP contribution in [0.25, 0.3) is 11.3 Å². The van der Waals surface area contributed by atoms with Crippen molar-refractivity contribution in [2.75, 3.05) is 6.54 Å². The van der Waals surface area contributed by atoms with Gasteiger partial charge in [0.1, 0.15) is 11.5 Å². The molecule has 116 valence electrons. The van der Waals surface area contributed by atoms with Crippen LogP contribution >= 0.6 is 0 Å². The van der Waals surface area contributed by atoms with Crippen LogP contribution in [0.1, 0.15) is 48.2 Å². The highest BCUT2D eigenvalue weighted by Crippen LogP contribution is 2.27. The van der Waals surface area contributed by atoms with Gasteiger partial charge in [0.2, 0.25) is 0 Å². The molecule has 0 aliphatic carbocycles. The number of benzene rings is 1. The molecule has 1 aromatic heterocycles. The van der Waals surface area contributed by atoms with E-state index >= 15 is 0 Å². The predicted octanol–water partition coefficient (Wildman–Crippen LogP) is 3.76. The summed E-state index contributed by atoms with van der Waals surface area (Å²) in [6.07, 6.45) is 5.02. The second kappa shape index (κ2) is 6.88. The van der Waals surface area contributed by atoms with Gasteiger partial charge in [-0.15, -0.1) is 0 Å². The molecular weight excluding hydrogens is 276 g/mol. The normalized spacial score (nSPS) is 17.8. The number of ketones is 1. The molecule has 22 heavy (non-hydrogen) atoms. The van der Waals surface area contributed by atoms with E-state index in [0.717, 1.165) is 24.9 Å². The maximum atomic E-state index is 12.6. The first-order chi connectivity index (χ1) is 10.8. The van der Waals surface area contributed by atoms with E-state index in [0.29, 0.717) is 29.5 Å². The van der Waals surface area contributed by atoms with Crippen molar-refractivity contribution in [2.45, 2.75) is 45.1 Å². The summed E-state index contributed by atoms with van der Waals surface area (Å²) in [6, 6.07) is 10.3. The lowest BCUT2D eigenvalue weighted by Gasteiger charge is -2.09. The second-order valence-electron chi connectivity index (χ2n) is 5.94. The lowest BCUT2D eigenvalue weighted by molar-refractivity contribution is 0.0977. The molecule has 1 aromatic carbocycles. The standard InChI is InChI=1S/C18H22N2O2/c1-13-17(16(21)11-5-9-15-10-6-12-19-15)18(20-22-13)14-7-3-2-4-8-14/h2-4,7-8,15,19H,5-6,9-12H2,1H3. The Morgan fingerprint density at radius 1 is 1.36 bits per heavy atom. The van der Waals surface area contributed by atoms with Gasteiger partial charge in [-0.1, -0.05) is 35.5 Å². The number of nitrogens with zero attached hydrogens (tertiary/aromatic N) is 1. The molecule has 1 aliphatic heterocycles. The number of rotatable bonds is 6. The molecule has 0 saturated carbocycles. The number of nitrogens with one attached hydrogen (secondary N) is 1. The highest BCUT2D eigenvalue weighted by atomic mass is 16.5. The maximum Gasteiger partial charge on any atom is 0.168 e. The van der Waals surface area contributed by atoms with Crippen molar-refractivity contribution in [3.8, 4) is 11.3 Å². The van der Waals surface area contributed by atoms with Crippen molar-refractivity contribution >= 4 is 5.78 Å². The number of carbonyl (C=O) groups excluding carboxylic acids is 1. The molecule has 1 saturated heterocycles.